The fourth-order valence-corrected chi connectivity index (χ4v) is 3.23. The Hall–Kier alpha value is -3.00. The van der Waals surface area contributed by atoms with E-state index in [9.17, 15) is 18.4 Å². The van der Waals surface area contributed by atoms with Gasteiger partial charge in [-0.15, -0.1) is 0 Å². The van der Waals surface area contributed by atoms with Gasteiger partial charge in [-0.25, -0.2) is 8.78 Å². The van der Waals surface area contributed by atoms with Gasteiger partial charge >= 0.3 is 0 Å². The van der Waals surface area contributed by atoms with E-state index in [0.717, 1.165) is 0 Å². The van der Waals surface area contributed by atoms with E-state index in [2.05, 4.69) is 5.32 Å². The number of hydrogen-bond acceptors (Lipinski definition) is 4. The molecule has 1 aliphatic rings. The van der Waals surface area contributed by atoms with Crippen molar-refractivity contribution in [2.45, 2.75) is 6.42 Å². The minimum Gasteiger partial charge on any atom is -0.494 e. The molecule has 0 aliphatic carbocycles. The number of carbonyl (C=O) groups excluding carboxylic acids is 2. The SMILES string of the molecule is COc1ccc(CC(=O)N2CCN(CC(=O)Nc3cccc(F)c3)CC2)cc1F. The number of anilines is 1. The van der Waals surface area contributed by atoms with E-state index in [-0.39, 0.29) is 30.5 Å². The Balaban J connectivity index is 1.45. The van der Waals surface area contributed by atoms with Crippen molar-refractivity contribution in [2.75, 3.05) is 45.2 Å². The number of hydrogen-bond donors (Lipinski definition) is 1. The topological polar surface area (TPSA) is 61.9 Å². The van der Waals surface area contributed by atoms with Crippen LogP contribution < -0.4 is 10.1 Å². The predicted molar refractivity (Wildman–Crippen MR) is 105 cm³/mol. The van der Waals surface area contributed by atoms with Gasteiger partial charge in [-0.1, -0.05) is 12.1 Å². The number of benzene rings is 2. The minimum atomic E-state index is -0.494. The van der Waals surface area contributed by atoms with Crippen molar-refractivity contribution < 1.29 is 23.1 Å². The van der Waals surface area contributed by atoms with Crippen molar-refractivity contribution in [3.05, 3.63) is 59.7 Å². The fraction of sp³-hybridized carbons (Fsp3) is 0.333. The highest BCUT2D eigenvalue weighted by Gasteiger charge is 2.22. The third kappa shape index (κ3) is 5.74. The molecule has 154 valence electrons. The largest absolute Gasteiger partial charge is 0.494 e. The van der Waals surface area contributed by atoms with Crippen molar-refractivity contribution in [3.8, 4) is 5.75 Å². The molecule has 0 bridgehead atoms. The average Bonchev–Trinajstić information content (AvgIpc) is 2.68. The van der Waals surface area contributed by atoms with E-state index in [4.69, 9.17) is 4.74 Å². The maximum absolute atomic E-state index is 13.8. The van der Waals surface area contributed by atoms with Gasteiger partial charge in [0.25, 0.3) is 0 Å². The maximum atomic E-state index is 13.8. The molecule has 2 aromatic rings. The predicted octanol–water partition coefficient (Wildman–Crippen LogP) is 2.30. The molecule has 6 nitrogen and oxygen atoms in total. The number of ether oxygens (including phenoxy) is 1. The van der Waals surface area contributed by atoms with Gasteiger partial charge < -0.3 is 15.0 Å². The molecule has 0 radical (unpaired) electrons. The van der Waals surface area contributed by atoms with Crippen molar-refractivity contribution >= 4 is 17.5 Å². The lowest BCUT2D eigenvalue weighted by atomic mass is 10.1. The zero-order chi connectivity index (χ0) is 20.8. The number of carbonyl (C=O) groups is 2. The van der Waals surface area contributed by atoms with Crippen LogP contribution in [0.1, 0.15) is 5.56 Å². The molecule has 0 spiro atoms. The van der Waals surface area contributed by atoms with E-state index in [0.29, 0.717) is 37.4 Å². The molecule has 1 saturated heterocycles. The normalized spacial score (nSPS) is 14.5. The van der Waals surface area contributed by atoms with Crippen LogP contribution in [0.2, 0.25) is 0 Å². The number of methoxy groups -OCH3 is 1. The number of halogens is 2. The summed E-state index contributed by atoms with van der Waals surface area (Å²) in [6, 6.07) is 10.2. The highest BCUT2D eigenvalue weighted by Crippen LogP contribution is 2.18. The summed E-state index contributed by atoms with van der Waals surface area (Å²) < 4.78 is 31.8. The molecule has 8 heteroatoms. The Bertz CT molecular complexity index is 883. The highest BCUT2D eigenvalue weighted by atomic mass is 19.1. The molecule has 1 fully saturated rings. The molecule has 1 N–H and O–H groups in total. The van der Waals surface area contributed by atoms with Crippen LogP contribution >= 0.6 is 0 Å². The third-order valence-electron chi connectivity index (χ3n) is 4.77. The Morgan fingerprint density at radius 3 is 2.48 bits per heavy atom. The first-order valence-corrected chi connectivity index (χ1v) is 9.32. The monoisotopic (exact) mass is 403 g/mol. The molecule has 0 atom stereocenters. The van der Waals surface area contributed by atoms with Gasteiger partial charge in [0.1, 0.15) is 5.82 Å². The highest BCUT2D eigenvalue weighted by molar-refractivity contribution is 5.92. The molecular formula is C21H23F2N3O3. The fourth-order valence-electron chi connectivity index (χ4n) is 3.23. The van der Waals surface area contributed by atoms with Crippen molar-refractivity contribution in [1.29, 1.82) is 0 Å². The third-order valence-corrected chi connectivity index (χ3v) is 4.77. The molecule has 1 aliphatic heterocycles. The molecule has 0 aromatic heterocycles. The second-order valence-electron chi connectivity index (χ2n) is 6.86. The van der Waals surface area contributed by atoms with Gasteiger partial charge in [0, 0.05) is 31.9 Å². The van der Waals surface area contributed by atoms with E-state index < -0.39 is 11.6 Å². The quantitative estimate of drug-likeness (QED) is 0.804. The van der Waals surface area contributed by atoms with Crippen LogP contribution in [-0.4, -0.2) is 61.4 Å². The van der Waals surface area contributed by atoms with Crippen LogP contribution in [0, 0.1) is 11.6 Å². The number of nitrogens with one attached hydrogen (secondary N) is 1. The maximum Gasteiger partial charge on any atom is 0.238 e. The summed E-state index contributed by atoms with van der Waals surface area (Å²) in [5.41, 5.74) is 1.00. The van der Waals surface area contributed by atoms with Gasteiger partial charge in [0.15, 0.2) is 11.6 Å². The second-order valence-corrected chi connectivity index (χ2v) is 6.86. The summed E-state index contributed by atoms with van der Waals surface area (Å²) in [6.45, 7) is 2.26. The van der Waals surface area contributed by atoms with Crippen LogP contribution in [0.3, 0.4) is 0 Å². The first-order valence-electron chi connectivity index (χ1n) is 9.32. The smallest absolute Gasteiger partial charge is 0.238 e. The van der Waals surface area contributed by atoms with E-state index >= 15 is 0 Å². The lowest BCUT2D eigenvalue weighted by Gasteiger charge is -2.34. The lowest BCUT2D eigenvalue weighted by molar-refractivity contribution is -0.132. The zero-order valence-electron chi connectivity index (χ0n) is 16.2. The van der Waals surface area contributed by atoms with Gasteiger partial charge in [0.05, 0.1) is 20.1 Å². The van der Waals surface area contributed by atoms with Crippen LogP contribution in [0.4, 0.5) is 14.5 Å². The van der Waals surface area contributed by atoms with E-state index in [1.54, 1.807) is 17.0 Å². The van der Waals surface area contributed by atoms with Crippen molar-refractivity contribution in [1.82, 2.24) is 9.80 Å². The average molecular weight is 403 g/mol. The van der Waals surface area contributed by atoms with Crippen LogP contribution in [0.15, 0.2) is 42.5 Å². The number of piperazine rings is 1. The Kier molecular flexibility index (Phi) is 6.77. The Morgan fingerprint density at radius 2 is 1.83 bits per heavy atom. The molecular weight excluding hydrogens is 380 g/mol. The molecule has 0 saturated carbocycles. The molecule has 1 heterocycles. The molecule has 2 aromatic carbocycles. The first kappa shape index (κ1) is 20.7. The zero-order valence-corrected chi connectivity index (χ0v) is 16.2. The molecule has 3 rings (SSSR count). The van der Waals surface area contributed by atoms with E-state index in [1.807, 2.05) is 4.90 Å². The number of rotatable bonds is 6. The van der Waals surface area contributed by atoms with Crippen LogP contribution in [-0.2, 0) is 16.0 Å². The lowest BCUT2D eigenvalue weighted by Crippen LogP contribution is -2.50. The molecule has 2 amide bonds. The molecule has 29 heavy (non-hydrogen) atoms. The van der Waals surface area contributed by atoms with Gasteiger partial charge in [-0.05, 0) is 35.9 Å². The second kappa shape index (κ2) is 9.47. The standard InChI is InChI=1S/C21H23F2N3O3/c1-29-19-6-5-15(11-18(19)23)12-21(28)26-9-7-25(8-10-26)14-20(27)24-17-4-2-3-16(22)13-17/h2-6,11,13H,7-10,12,14H2,1H3,(H,24,27). The summed E-state index contributed by atoms with van der Waals surface area (Å²) in [4.78, 5) is 28.3. The summed E-state index contributed by atoms with van der Waals surface area (Å²) in [5, 5.41) is 2.66. The van der Waals surface area contributed by atoms with Gasteiger partial charge in [-0.3, -0.25) is 14.5 Å². The molecule has 0 unspecified atom stereocenters. The summed E-state index contributed by atoms with van der Waals surface area (Å²) in [5.74, 6) is -1.08. The number of amides is 2. The summed E-state index contributed by atoms with van der Waals surface area (Å²) >= 11 is 0. The van der Waals surface area contributed by atoms with Gasteiger partial charge in [0.2, 0.25) is 11.8 Å². The van der Waals surface area contributed by atoms with E-state index in [1.165, 1.54) is 37.4 Å². The number of nitrogens with zero attached hydrogens (tertiary/aromatic N) is 2. The van der Waals surface area contributed by atoms with Crippen molar-refractivity contribution in [2.24, 2.45) is 0 Å². The first-order chi connectivity index (χ1) is 13.9. The van der Waals surface area contributed by atoms with Crippen molar-refractivity contribution in [3.63, 3.8) is 0 Å². The van der Waals surface area contributed by atoms with Crippen LogP contribution in [0.5, 0.6) is 5.75 Å². The summed E-state index contributed by atoms with van der Waals surface area (Å²) in [6.07, 6.45) is 0.112. The van der Waals surface area contributed by atoms with Gasteiger partial charge in [-0.2, -0.15) is 0 Å². The Morgan fingerprint density at radius 1 is 1.07 bits per heavy atom. The Labute approximate surface area is 168 Å². The summed E-state index contributed by atoms with van der Waals surface area (Å²) in [7, 11) is 1.39. The van der Waals surface area contributed by atoms with Crippen LogP contribution in [0.25, 0.3) is 0 Å². The minimum absolute atomic E-state index is 0.0848.